The number of aliphatic carboxylic acids is 1. The van der Waals surface area contributed by atoms with Gasteiger partial charge in [0.25, 0.3) is 0 Å². The molecule has 0 amide bonds. The van der Waals surface area contributed by atoms with Crippen LogP contribution in [0.2, 0.25) is 0 Å². The summed E-state index contributed by atoms with van der Waals surface area (Å²) in [7, 11) is 0. The van der Waals surface area contributed by atoms with Gasteiger partial charge in [-0.15, -0.1) is 11.3 Å². The Hall–Kier alpha value is -2.25. The van der Waals surface area contributed by atoms with Crippen molar-refractivity contribution >= 4 is 53.1 Å². The lowest BCUT2D eigenvalue weighted by atomic mass is 10.1. The fourth-order valence-corrected chi connectivity index (χ4v) is 3.66. The van der Waals surface area contributed by atoms with Crippen LogP contribution in [0.15, 0.2) is 29.3 Å². The first-order valence-electron chi connectivity index (χ1n) is 6.51. The summed E-state index contributed by atoms with van der Waals surface area (Å²) < 4.78 is 1.56. The van der Waals surface area contributed by atoms with Crippen LogP contribution in [0.3, 0.4) is 0 Å². The molecule has 22 heavy (non-hydrogen) atoms. The maximum Gasteiger partial charge on any atom is 0.326 e. The SMILES string of the molecule is CC(C(=O)O)n1c(O)c(/C=C2/C=Nc3ccccc32)sc1=S. The fraction of sp³-hybridized carbons (Fsp3) is 0.133. The minimum absolute atomic E-state index is 0.129. The lowest BCUT2D eigenvalue weighted by Gasteiger charge is -2.09. The standard InChI is InChI=1S/C15H12N2O3S2/c1-8(14(19)20)17-13(18)12(22-15(17)21)6-9-7-16-11-5-3-2-4-10(9)11/h2-8,18H,1H3,(H,19,20)/b9-6-. The van der Waals surface area contributed by atoms with E-state index < -0.39 is 12.0 Å². The summed E-state index contributed by atoms with van der Waals surface area (Å²) in [6.45, 7) is 1.48. The first kappa shape index (κ1) is 14.7. The van der Waals surface area contributed by atoms with Crippen LogP contribution in [-0.4, -0.2) is 27.0 Å². The molecule has 0 saturated heterocycles. The van der Waals surface area contributed by atoms with Crippen molar-refractivity contribution in [1.82, 2.24) is 4.57 Å². The van der Waals surface area contributed by atoms with Crippen molar-refractivity contribution in [3.8, 4) is 5.88 Å². The van der Waals surface area contributed by atoms with Crippen LogP contribution in [-0.2, 0) is 4.79 Å². The molecule has 0 fully saturated rings. The van der Waals surface area contributed by atoms with Gasteiger partial charge in [0.05, 0.1) is 10.6 Å². The molecular weight excluding hydrogens is 320 g/mol. The Morgan fingerprint density at radius 3 is 2.91 bits per heavy atom. The van der Waals surface area contributed by atoms with E-state index in [1.54, 1.807) is 12.3 Å². The molecule has 0 bridgehead atoms. The van der Waals surface area contributed by atoms with Gasteiger partial charge >= 0.3 is 5.97 Å². The Kier molecular flexibility index (Phi) is 3.67. The molecule has 5 nitrogen and oxygen atoms in total. The van der Waals surface area contributed by atoms with Crippen LogP contribution >= 0.6 is 23.6 Å². The second-order valence-electron chi connectivity index (χ2n) is 4.82. The number of benzene rings is 1. The number of fused-ring (bicyclic) bond motifs is 1. The average molecular weight is 332 g/mol. The predicted octanol–water partition coefficient (Wildman–Crippen LogP) is 3.89. The Labute approximate surface area is 135 Å². The van der Waals surface area contributed by atoms with Crippen LogP contribution in [0, 0.1) is 3.95 Å². The number of thiazole rings is 1. The van der Waals surface area contributed by atoms with Crippen molar-refractivity contribution in [3.63, 3.8) is 0 Å². The summed E-state index contributed by atoms with van der Waals surface area (Å²) in [4.78, 5) is 15.9. The molecule has 2 N–H and O–H groups in total. The third-order valence-corrected chi connectivity index (χ3v) is 4.77. The number of hydrogen-bond donors (Lipinski definition) is 2. The van der Waals surface area contributed by atoms with Crippen LogP contribution < -0.4 is 0 Å². The summed E-state index contributed by atoms with van der Waals surface area (Å²) in [6, 6.07) is 6.76. The molecule has 1 aliphatic heterocycles. The Morgan fingerprint density at radius 2 is 2.18 bits per heavy atom. The number of para-hydroxylation sites is 1. The lowest BCUT2D eigenvalue weighted by Crippen LogP contribution is -2.14. The number of rotatable bonds is 3. The molecular formula is C15H12N2O3S2. The van der Waals surface area contributed by atoms with E-state index in [0.717, 1.165) is 16.8 Å². The van der Waals surface area contributed by atoms with Crippen LogP contribution in [0.5, 0.6) is 5.88 Å². The summed E-state index contributed by atoms with van der Waals surface area (Å²) >= 11 is 6.34. The molecule has 1 aromatic heterocycles. The molecule has 0 radical (unpaired) electrons. The second kappa shape index (κ2) is 5.51. The highest BCUT2D eigenvalue weighted by Crippen LogP contribution is 2.36. The van der Waals surface area contributed by atoms with Crippen molar-refractivity contribution < 1.29 is 15.0 Å². The van der Waals surface area contributed by atoms with Crippen molar-refractivity contribution in [2.45, 2.75) is 13.0 Å². The number of aliphatic imine (C=N–C) groups is 1. The normalized spacial score (nSPS) is 16.0. The highest BCUT2D eigenvalue weighted by Gasteiger charge is 2.21. The van der Waals surface area contributed by atoms with Gasteiger partial charge in [-0.1, -0.05) is 18.2 Å². The second-order valence-corrected chi connectivity index (χ2v) is 6.49. The number of nitrogens with zero attached hydrogens (tertiary/aromatic N) is 2. The van der Waals surface area contributed by atoms with Gasteiger partial charge in [-0.3, -0.25) is 9.56 Å². The number of aromatic nitrogens is 1. The molecule has 3 rings (SSSR count). The van der Waals surface area contributed by atoms with Crippen molar-refractivity contribution in [2.75, 3.05) is 0 Å². The van der Waals surface area contributed by atoms with Crippen molar-refractivity contribution in [2.24, 2.45) is 4.99 Å². The fourth-order valence-electron chi connectivity index (χ4n) is 2.24. The number of allylic oxidation sites excluding steroid dienone is 1. The quantitative estimate of drug-likeness (QED) is 0.836. The van der Waals surface area contributed by atoms with Gasteiger partial charge < -0.3 is 10.2 Å². The number of carboxylic acids is 1. The van der Waals surface area contributed by atoms with E-state index >= 15 is 0 Å². The van der Waals surface area contributed by atoms with Gasteiger partial charge in [-0.05, 0) is 31.3 Å². The first-order chi connectivity index (χ1) is 10.5. The zero-order valence-electron chi connectivity index (χ0n) is 11.6. The highest BCUT2D eigenvalue weighted by molar-refractivity contribution is 7.73. The summed E-state index contributed by atoms with van der Waals surface area (Å²) in [5.74, 6) is -1.17. The van der Waals surface area contributed by atoms with Crippen LogP contribution in [0.4, 0.5) is 5.69 Å². The molecule has 112 valence electrons. The van der Waals surface area contributed by atoms with Gasteiger partial charge in [0.15, 0.2) is 3.95 Å². The third-order valence-electron chi connectivity index (χ3n) is 3.43. The maximum atomic E-state index is 11.1. The van der Waals surface area contributed by atoms with Crippen LogP contribution in [0.1, 0.15) is 23.4 Å². The molecule has 1 aliphatic rings. The molecule has 1 unspecified atom stereocenters. The highest BCUT2D eigenvalue weighted by atomic mass is 32.1. The van der Waals surface area contributed by atoms with Crippen molar-refractivity contribution in [3.05, 3.63) is 38.7 Å². The maximum absolute atomic E-state index is 11.1. The number of hydrogen-bond acceptors (Lipinski definition) is 5. The van der Waals surface area contributed by atoms with Gasteiger partial charge in [-0.25, -0.2) is 4.79 Å². The monoisotopic (exact) mass is 332 g/mol. The molecule has 2 aromatic rings. The minimum atomic E-state index is -1.05. The lowest BCUT2D eigenvalue weighted by molar-refractivity contribution is -0.140. The topological polar surface area (TPSA) is 74.8 Å². The molecule has 7 heteroatoms. The van der Waals surface area contributed by atoms with Crippen molar-refractivity contribution in [1.29, 1.82) is 0 Å². The smallest absolute Gasteiger partial charge is 0.326 e. The van der Waals surface area contributed by atoms with Crippen LogP contribution in [0.25, 0.3) is 11.6 Å². The largest absolute Gasteiger partial charge is 0.493 e. The van der Waals surface area contributed by atoms with E-state index in [1.807, 2.05) is 24.3 Å². The first-order valence-corrected chi connectivity index (χ1v) is 7.74. The Bertz CT molecular complexity index is 877. The number of carbonyl (C=O) groups is 1. The summed E-state index contributed by atoms with van der Waals surface area (Å²) in [5, 5.41) is 19.4. The van der Waals surface area contributed by atoms with E-state index in [1.165, 1.54) is 22.8 Å². The summed E-state index contributed by atoms with van der Waals surface area (Å²) in [5.41, 5.74) is 2.70. The van der Waals surface area contributed by atoms with E-state index in [-0.39, 0.29) is 5.88 Å². The molecule has 0 aliphatic carbocycles. The van der Waals surface area contributed by atoms with Gasteiger partial charge in [0.1, 0.15) is 6.04 Å². The summed E-state index contributed by atoms with van der Waals surface area (Å²) in [6.07, 6.45) is 3.49. The predicted molar refractivity (Wildman–Crippen MR) is 89.6 cm³/mol. The molecule has 1 atom stereocenters. The van der Waals surface area contributed by atoms with E-state index in [2.05, 4.69) is 4.99 Å². The van der Waals surface area contributed by atoms with Gasteiger partial charge in [0, 0.05) is 17.4 Å². The van der Waals surface area contributed by atoms with E-state index in [0.29, 0.717) is 8.83 Å². The Morgan fingerprint density at radius 1 is 1.45 bits per heavy atom. The van der Waals surface area contributed by atoms with Gasteiger partial charge in [0.2, 0.25) is 5.88 Å². The minimum Gasteiger partial charge on any atom is -0.493 e. The Balaban J connectivity index is 2.07. The zero-order chi connectivity index (χ0) is 15.9. The van der Waals surface area contributed by atoms with E-state index in [4.69, 9.17) is 17.3 Å². The third kappa shape index (κ3) is 2.38. The van der Waals surface area contributed by atoms with Gasteiger partial charge in [-0.2, -0.15) is 0 Å². The number of aromatic hydroxyl groups is 1. The average Bonchev–Trinajstić information content (AvgIpc) is 3.01. The number of carboxylic acid groups (broad SMARTS) is 1. The zero-order valence-corrected chi connectivity index (χ0v) is 13.2. The molecule has 0 saturated carbocycles. The molecule has 1 aromatic carbocycles. The molecule has 2 heterocycles. The molecule has 0 spiro atoms. The van der Waals surface area contributed by atoms with E-state index in [9.17, 15) is 9.90 Å².